The maximum atomic E-state index is 13.5. The van der Waals surface area contributed by atoms with Gasteiger partial charge in [-0.05, 0) is 60.9 Å². The quantitative estimate of drug-likeness (QED) is 0.842. The Bertz CT molecular complexity index is 746. The van der Waals surface area contributed by atoms with E-state index in [1.807, 2.05) is 6.92 Å². The van der Waals surface area contributed by atoms with Gasteiger partial charge in [-0.2, -0.15) is 8.78 Å². The number of benzene rings is 2. The van der Waals surface area contributed by atoms with Crippen LogP contribution in [0.4, 0.5) is 13.2 Å². The molecule has 0 spiro atoms. The minimum absolute atomic E-state index is 0.000610. The second kappa shape index (κ2) is 6.55. The molecule has 0 aliphatic carbocycles. The van der Waals surface area contributed by atoms with Crippen molar-refractivity contribution in [3.8, 4) is 5.75 Å². The lowest BCUT2D eigenvalue weighted by Gasteiger charge is -2.35. The summed E-state index contributed by atoms with van der Waals surface area (Å²) in [6.45, 7) is -0.530. The van der Waals surface area contributed by atoms with Crippen LogP contribution in [0.5, 0.6) is 5.75 Å². The van der Waals surface area contributed by atoms with Crippen LogP contribution in [0.15, 0.2) is 42.5 Å². The second-order valence-corrected chi connectivity index (χ2v) is 5.67. The molecule has 0 aromatic heterocycles. The Kier molecular flexibility index (Phi) is 4.46. The Balaban J connectivity index is 1.80. The van der Waals surface area contributed by atoms with Gasteiger partial charge in [-0.1, -0.05) is 6.07 Å². The summed E-state index contributed by atoms with van der Waals surface area (Å²) in [6, 6.07) is 9.95. The molecule has 3 nitrogen and oxygen atoms in total. The summed E-state index contributed by atoms with van der Waals surface area (Å²) >= 11 is 0. The molecule has 1 aliphatic heterocycles. The number of alkyl halides is 2. The Morgan fingerprint density at radius 2 is 1.92 bits per heavy atom. The molecule has 3 rings (SSSR count). The average Bonchev–Trinajstić information content (AvgIpc) is 2.55. The Morgan fingerprint density at radius 1 is 1.21 bits per heavy atom. The molecular weight excluding hydrogens is 319 g/mol. The van der Waals surface area contributed by atoms with E-state index in [2.05, 4.69) is 4.74 Å². The van der Waals surface area contributed by atoms with Gasteiger partial charge in [-0.3, -0.25) is 4.79 Å². The van der Waals surface area contributed by atoms with Crippen molar-refractivity contribution in [2.75, 3.05) is 6.54 Å². The van der Waals surface area contributed by atoms with E-state index in [9.17, 15) is 18.0 Å². The Hall–Kier alpha value is -2.50. The molecule has 24 heavy (non-hydrogen) atoms. The van der Waals surface area contributed by atoms with E-state index in [-0.39, 0.29) is 23.5 Å². The van der Waals surface area contributed by atoms with E-state index in [0.29, 0.717) is 18.5 Å². The van der Waals surface area contributed by atoms with Crippen LogP contribution >= 0.6 is 0 Å². The number of amides is 1. The number of fused-ring (bicyclic) bond motifs is 1. The van der Waals surface area contributed by atoms with Gasteiger partial charge < -0.3 is 9.64 Å². The molecular formula is C18H16F3NO2. The van der Waals surface area contributed by atoms with Crippen molar-refractivity contribution in [3.05, 3.63) is 65.0 Å². The Morgan fingerprint density at radius 3 is 2.58 bits per heavy atom. The lowest BCUT2D eigenvalue weighted by molar-refractivity contribution is -0.0498. The first kappa shape index (κ1) is 16.4. The number of carbonyl (C=O) groups excluding carboxylic acids is 1. The van der Waals surface area contributed by atoms with Crippen LogP contribution in [0.2, 0.25) is 0 Å². The SMILES string of the molecule is CC1c2cc(F)ccc2CCN1C(=O)c1ccc(OC(F)F)cc1. The smallest absolute Gasteiger partial charge is 0.387 e. The monoisotopic (exact) mass is 335 g/mol. The topological polar surface area (TPSA) is 29.5 Å². The molecule has 6 heteroatoms. The summed E-state index contributed by atoms with van der Waals surface area (Å²) < 4.78 is 42.1. The molecule has 0 N–H and O–H groups in total. The number of hydrogen-bond donors (Lipinski definition) is 0. The van der Waals surface area contributed by atoms with Crippen molar-refractivity contribution in [2.45, 2.75) is 26.0 Å². The van der Waals surface area contributed by atoms with Crippen LogP contribution in [0.3, 0.4) is 0 Å². The molecule has 126 valence electrons. The van der Waals surface area contributed by atoms with E-state index >= 15 is 0 Å². The minimum Gasteiger partial charge on any atom is -0.435 e. The van der Waals surface area contributed by atoms with Crippen molar-refractivity contribution in [1.29, 1.82) is 0 Å². The summed E-state index contributed by atoms with van der Waals surface area (Å²) in [4.78, 5) is 14.3. The molecule has 0 radical (unpaired) electrons. The van der Waals surface area contributed by atoms with Crippen molar-refractivity contribution in [3.63, 3.8) is 0 Å². The van der Waals surface area contributed by atoms with Crippen molar-refractivity contribution in [1.82, 2.24) is 4.90 Å². The third-order valence-corrected chi connectivity index (χ3v) is 4.23. The predicted molar refractivity (Wildman–Crippen MR) is 82.6 cm³/mol. The van der Waals surface area contributed by atoms with E-state index in [4.69, 9.17) is 0 Å². The second-order valence-electron chi connectivity index (χ2n) is 5.67. The zero-order valence-corrected chi connectivity index (χ0v) is 13.0. The van der Waals surface area contributed by atoms with Crippen molar-refractivity contribution in [2.24, 2.45) is 0 Å². The number of ether oxygens (including phenoxy) is 1. The summed E-state index contributed by atoms with van der Waals surface area (Å²) in [6.07, 6.45) is 0.651. The van der Waals surface area contributed by atoms with Gasteiger partial charge in [0.15, 0.2) is 0 Å². The van der Waals surface area contributed by atoms with E-state index in [1.165, 1.54) is 36.4 Å². The number of halogens is 3. The van der Waals surface area contributed by atoms with Crippen LogP contribution < -0.4 is 4.74 Å². The fourth-order valence-corrected chi connectivity index (χ4v) is 3.01. The molecule has 1 heterocycles. The van der Waals surface area contributed by atoms with Crippen LogP contribution in [0.25, 0.3) is 0 Å². The van der Waals surface area contributed by atoms with Gasteiger partial charge >= 0.3 is 6.61 Å². The van der Waals surface area contributed by atoms with E-state index < -0.39 is 6.61 Å². The summed E-state index contributed by atoms with van der Waals surface area (Å²) in [5, 5.41) is 0. The minimum atomic E-state index is -2.90. The standard InChI is InChI=1S/C18H16F3NO2/c1-11-16-10-14(19)5-2-12(16)8-9-22(11)17(23)13-3-6-15(7-4-13)24-18(20)21/h2-7,10-11,18H,8-9H2,1H3. The van der Waals surface area contributed by atoms with E-state index in [0.717, 1.165) is 11.1 Å². The fraction of sp³-hybridized carbons (Fsp3) is 0.278. The molecule has 1 unspecified atom stereocenters. The van der Waals surface area contributed by atoms with Gasteiger partial charge in [0.1, 0.15) is 11.6 Å². The highest BCUT2D eigenvalue weighted by Crippen LogP contribution is 2.31. The lowest BCUT2D eigenvalue weighted by atomic mass is 9.93. The maximum Gasteiger partial charge on any atom is 0.387 e. The highest BCUT2D eigenvalue weighted by Gasteiger charge is 2.28. The first-order valence-electron chi connectivity index (χ1n) is 7.60. The zero-order valence-electron chi connectivity index (χ0n) is 13.0. The summed E-state index contributed by atoms with van der Waals surface area (Å²) in [5.74, 6) is -0.551. The summed E-state index contributed by atoms with van der Waals surface area (Å²) in [7, 11) is 0. The Labute approximate surface area is 137 Å². The van der Waals surface area contributed by atoms with Gasteiger partial charge in [0.25, 0.3) is 5.91 Å². The largest absolute Gasteiger partial charge is 0.435 e. The van der Waals surface area contributed by atoms with Gasteiger partial charge in [-0.25, -0.2) is 4.39 Å². The molecule has 0 bridgehead atoms. The first-order chi connectivity index (χ1) is 11.5. The van der Waals surface area contributed by atoms with Crippen LogP contribution in [-0.4, -0.2) is 24.0 Å². The molecule has 2 aromatic rings. The average molecular weight is 335 g/mol. The third-order valence-electron chi connectivity index (χ3n) is 4.23. The predicted octanol–water partition coefficient (Wildman–Crippen LogP) is 4.19. The zero-order chi connectivity index (χ0) is 17.3. The molecule has 0 saturated heterocycles. The third kappa shape index (κ3) is 3.22. The number of rotatable bonds is 3. The molecule has 1 amide bonds. The lowest BCUT2D eigenvalue weighted by Crippen LogP contribution is -2.38. The maximum absolute atomic E-state index is 13.5. The number of hydrogen-bond acceptors (Lipinski definition) is 2. The fourth-order valence-electron chi connectivity index (χ4n) is 3.01. The van der Waals surface area contributed by atoms with E-state index in [1.54, 1.807) is 11.0 Å². The summed E-state index contributed by atoms with van der Waals surface area (Å²) in [5.41, 5.74) is 2.21. The number of carbonyl (C=O) groups is 1. The molecule has 0 fully saturated rings. The molecule has 1 aliphatic rings. The van der Waals surface area contributed by atoms with Gasteiger partial charge in [-0.15, -0.1) is 0 Å². The van der Waals surface area contributed by atoms with Gasteiger partial charge in [0.2, 0.25) is 0 Å². The van der Waals surface area contributed by atoms with Gasteiger partial charge in [0, 0.05) is 12.1 Å². The van der Waals surface area contributed by atoms with Crippen LogP contribution in [-0.2, 0) is 6.42 Å². The normalized spacial score (nSPS) is 16.9. The van der Waals surface area contributed by atoms with Crippen molar-refractivity contribution >= 4 is 5.91 Å². The number of nitrogens with zero attached hydrogens (tertiary/aromatic N) is 1. The highest BCUT2D eigenvalue weighted by atomic mass is 19.3. The van der Waals surface area contributed by atoms with Crippen LogP contribution in [0, 0.1) is 5.82 Å². The molecule has 2 aromatic carbocycles. The first-order valence-corrected chi connectivity index (χ1v) is 7.60. The highest BCUT2D eigenvalue weighted by molar-refractivity contribution is 5.94. The molecule has 0 saturated carbocycles. The van der Waals surface area contributed by atoms with Gasteiger partial charge in [0.05, 0.1) is 6.04 Å². The van der Waals surface area contributed by atoms with Crippen LogP contribution in [0.1, 0.15) is 34.5 Å². The molecule has 1 atom stereocenters. The van der Waals surface area contributed by atoms with Crippen molar-refractivity contribution < 1.29 is 22.7 Å².